The molecule has 3 fully saturated rings. The maximum absolute atomic E-state index is 12.7. The first-order valence-corrected chi connectivity index (χ1v) is 10.6. The summed E-state index contributed by atoms with van der Waals surface area (Å²) in [5.41, 5.74) is 1.18. The number of rotatable bonds is 2. The molecule has 0 N–H and O–H groups in total. The molecule has 4 rings (SSSR count). The summed E-state index contributed by atoms with van der Waals surface area (Å²) in [6, 6.07) is 10.4. The quantitative estimate of drug-likeness (QED) is 0.828. The summed E-state index contributed by atoms with van der Waals surface area (Å²) >= 11 is 0. The standard InChI is InChI=1S/C16H21NO3S2/c18-21-10-5-11-22(19)16(21)14-8-4-9-15(14)17(20-16)12-13-6-2-1-3-7-13/h1-3,6-7,14-15H,4-5,8-12H2/t14-,15+,21-,22-/m1/s1. The van der Waals surface area contributed by atoms with Crippen LogP contribution in [-0.4, -0.2) is 35.3 Å². The van der Waals surface area contributed by atoms with Gasteiger partial charge in [-0.15, -0.1) is 0 Å². The van der Waals surface area contributed by atoms with Crippen molar-refractivity contribution in [3.05, 3.63) is 35.9 Å². The van der Waals surface area contributed by atoms with Crippen LogP contribution < -0.4 is 0 Å². The highest BCUT2D eigenvalue weighted by Crippen LogP contribution is 2.51. The minimum absolute atomic E-state index is 0.151. The topological polar surface area (TPSA) is 46.6 Å². The molecule has 3 aliphatic rings. The number of nitrogens with zero attached hydrogens (tertiary/aromatic N) is 1. The number of hydroxylamine groups is 2. The highest BCUT2D eigenvalue weighted by Gasteiger charge is 2.63. The van der Waals surface area contributed by atoms with Gasteiger partial charge in [0.2, 0.25) is 4.27 Å². The second-order valence-electron chi connectivity index (χ2n) is 6.31. The summed E-state index contributed by atoms with van der Waals surface area (Å²) in [4.78, 5) is 6.22. The molecule has 1 aromatic rings. The molecule has 6 heteroatoms. The van der Waals surface area contributed by atoms with E-state index in [9.17, 15) is 8.42 Å². The van der Waals surface area contributed by atoms with Gasteiger partial charge in [-0.2, -0.15) is 5.06 Å². The zero-order valence-electron chi connectivity index (χ0n) is 12.5. The molecule has 0 aromatic heterocycles. The summed E-state index contributed by atoms with van der Waals surface area (Å²) in [5, 5.41) is 1.98. The molecule has 1 spiro atoms. The molecule has 2 aliphatic heterocycles. The van der Waals surface area contributed by atoms with E-state index in [1.807, 2.05) is 23.3 Å². The Morgan fingerprint density at radius 3 is 2.55 bits per heavy atom. The first-order valence-electron chi connectivity index (χ1n) is 7.98. The first kappa shape index (κ1) is 15.0. The molecule has 0 radical (unpaired) electrons. The second-order valence-corrected chi connectivity index (χ2v) is 9.98. The number of fused-ring (bicyclic) bond motifs is 2. The molecule has 0 bridgehead atoms. The van der Waals surface area contributed by atoms with Crippen molar-refractivity contribution < 1.29 is 13.3 Å². The number of hydrogen-bond donors (Lipinski definition) is 0. The van der Waals surface area contributed by atoms with Crippen LogP contribution in [-0.2, 0) is 33.0 Å². The van der Waals surface area contributed by atoms with Gasteiger partial charge >= 0.3 is 0 Å². The molecule has 1 aromatic carbocycles. The number of hydrogen-bond acceptors (Lipinski definition) is 4. The molecule has 2 saturated heterocycles. The summed E-state index contributed by atoms with van der Waals surface area (Å²) in [7, 11) is -2.32. The summed E-state index contributed by atoms with van der Waals surface area (Å²) in [6.07, 6.45) is 3.92. The zero-order chi connectivity index (χ0) is 15.2. The Labute approximate surface area is 136 Å². The molecule has 0 unspecified atom stereocenters. The molecule has 2 heterocycles. The van der Waals surface area contributed by atoms with Crippen molar-refractivity contribution >= 4 is 21.6 Å². The minimum Gasteiger partial charge on any atom is -0.264 e. The van der Waals surface area contributed by atoms with E-state index in [1.165, 1.54) is 5.56 Å². The molecule has 0 amide bonds. The van der Waals surface area contributed by atoms with E-state index in [0.717, 1.165) is 25.7 Å². The lowest BCUT2D eigenvalue weighted by atomic mass is 10.1. The van der Waals surface area contributed by atoms with Crippen LogP contribution in [0.25, 0.3) is 0 Å². The van der Waals surface area contributed by atoms with Gasteiger partial charge in [0.05, 0.1) is 21.6 Å². The zero-order valence-corrected chi connectivity index (χ0v) is 14.1. The Kier molecular flexibility index (Phi) is 3.97. The van der Waals surface area contributed by atoms with Gasteiger partial charge in [-0.3, -0.25) is 13.3 Å². The van der Waals surface area contributed by atoms with E-state index < -0.39 is 25.9 Å². The lowest BCUT2D eigenvalue weighted by molar-refractivity contribution is -0.161. The molecule has 4 nitrogen and oxygen atoms in total. The van der Waals surface area contributed by atoms with Crippen LogP contribution in [0.1, 0.15) is 31.2 Å². The van der Waals surface area contributed by atoms with Crippen molar-refractivity contribution in [2.75, 3.05) is 11.5 Å². The smallest absolute Gasteiger partial charge is 0.241 e. The van der Waals surface area contributed by atoms with Gasteiger partial charge in [0.15, 0.2) is 0 Å². The Hall–Kier alpha value is -0.560. The van der Waals surface area contributed by atoms with Gasteiger partial charge in [-0.05, 0) is 24.8 Å². The van der Waals surface area contributed by atoms with Crippen LogP contribution in [0.15, 0.2) is 30.3 Å². The van der Waals surface area contributed by atoms with E-state index in [-0.39, 0.29) is 12.0 Å². The Balaban J connectivity index is 1.65. The highest BCUT2D eigenvalue weighted by atomic mass is 32.2. The van der Waals surface area contributed by atoms with Gasteiger partial charge in [0, 0.05) is 30.0 Å². The average Bonchev–Trinajstić information content (AvgIpc) is 3.10. The van der Waals surface area contributed by atoms with Crippen LogP contribution in [0.5, 0.6) is 0 Å². The third-order valence-corrected chi connectivity index (χ3v) is 9.48. The Morgan fingerprint density at radius 2 is 1.82 bits per heavy atom. The monoisotopic (exact) mass is 339 g/mol. The van der Waals surface area contributed by atoms with E-state index in [2.05, 4.69) is 12.1 Å². The van der Waals surface area contributed by atoms with Gasteiger partial charge in [-0.25, -0.2) is 0 Å². The van der Waals surface area contributed by atoms with E-state index in [0.29, 0.717) is 18.1 Å². The van der Waals surface area contributed by atoms with Crippen molar-refractivity contribution in [3.63, 3.8) is 0 Å². The lowest BCUT2D eigenvalue weighted by Crippen LogP contribution is -2.50. The fraction of sp³-hybridized carbons (Fsp3) is 0.625. The third-order valence-electron chi connectivity index (χ3n) is 5.02. The van der Waals surface area contributed by atoms with Crippen molar-refractivity contribution in [2.45, 2.75) is 42.5 Å². The summed E-state index contributed by atoms with van der Waals surface area (Å²) < 4.78 is 24.5. The molecule has 4 atom stereocenters. The molecule has 1 saturated carbocycles. The van der Waals surface area contributed by atoms with E-state index in [1.54, 1.807) is 0 Å². The summed E-state index contributed by atoms with van der Waals surface area (Å²) in [6.45, 7) is 0.679. The Bertz CT molecular complexity index is 591. The van der Waals surface area contributed by atoms with Crippen LogP contribution in [0, 0.1) is 5.92 Å². The van der Waals surface area contributed by atoms with Crippen molar-refractivity contribution in [1.82, 2.24) is 5.06 Å². The normalized spacial score (nSPS) is 37.5. The lowest BCUT2D eigenvalue weighted by Gasteiger charge is -2.34. The van der Waals surface area contributed by atoms with Gasteiger partial charge in [0.1, 0.15) is 0 Å². The fourth-order valence-electron chi connectivity index (χ4n) is 4.04. The largest absolute Gasteiger partial charge is 0.264 e. The molecule has 1 aliphatic carbocycles. The van der Waals surface area contributed by atoms with Crippen molar-refractivity contribution in [3.8, 4) is 0 Å². The highest BCUT2D eigenvalue weighted by molar-refractivity contribution is 8.04. The third kappa shape index (κ3) is 2.23. The fourth-order valence-corrected chi connectivity index (χ4v) is 8.52. The van der Waals surface area contributed by atoms with E-state index in [4.69, 9.17) is 4.84 Å². The SMILES string of the molecule is O=[S@@]1CCC[S@@](=O)C12ON(Cc1ccccc1)[C@H]1CCC[C@H]12. The van der Waals surface area contributed by atoms with Gasteiger partial charge < -0.3 is 0 Å². The molecule has 22 heavy (non-hydrogen) atoms. The minimum atomic E-state index is -1.16. The van der Waals surface area contributed by atoms with Crippen molar-refractivity contribution in [1.29, 1.82) is 0 Å². The maximum atomic E-state index is 12.7. The molecular formula is C16H21NO3S2. The average molecular weight is 339 g/mol. The van der Waals surface area contributed by atoms with Crippen LogP contribution in [0.2, 0.25) is 0 Å². The van der Waals surface area contributed by atoms with Crippen LogP contribution in [0.3, 0.4) is 0 Å². The van der Waals surface area contributed by atoms with Gasteiger partial charge in [0.25, 0.3) is 0 Å². The Morgan fingerprint density at radius 1 is 1.09 bits per heavy atom. The van der Waals surface area contributed by atoms with Crippen LogP contribution >= 0.6 is 0 Å². The number of benzene rings is 1. The predicted octanol–water partition coefficient (Wildman–Crippen LogP) is 2.16. The second kappa shape index (κ2) is 5.82. The molecular weight excluding hydrogens is 318 g/mol. The predicted molar refractivity (Wildman–Crippen MR) is 87.6 cm³/mol. The van der Waals surface area contributed by atoms with Crippen LogP contribution in [0.4, 0.5) is 0 Å². The summed E-state index contributed by atoms with van der Waals surface area (Å²) in [5.74, 6) is 1.39. The van der Waals surface area contributed by atoms with Gasteiger partial charge in [-0.1, -0.05) is 36.8 Å². The first-order chi connectivity index (χ1) is 10.7. The maximum Gasteiger partial charge on any atom is 0.241 e. The van der Waals surface area contributed by atoms with E-state index >= 15 is 0 Å². The molecule has 120 valence electrons. The van der Waals surface area contributed by atoms with Crippen molar-refractivity contribution in [2.24, 2.45) is 5.92 Å².